The van der Waals surface area contributed by atoms with Crippen LogP contribution < -0.4 is 15.8 Å². The maximum Gasteiger partial charge on any atom is 0.223 e. The first-order chi connectivity index (χ1) is 10.1. The molecule has 21 heavy (non-hydrogen) atoms. The Labute approximate surface area is 136 Å². The monoisotopic (exact) mass is 364 g/mol. The summed E-state index contributed by atoms with van der Waals surface area (Å²) in [4.78, 5) is 8.68. The van der Waals surface area contributed by atoms with Crippen LogP contribution in [0.1, 0.15) is 16.8 Å². The third kappa shape index (κ3) is 3.14. The molecule has 3 N–H and O–H groups in total. The van der Waals surface area contributed by atoms with Gasteiger partial charge < -0.3 is 15.8 Å². The molecule has 0 atom stereocenters. The summed E-state index contributed by atoms with van der Waals surface area (Å²) in [5.74, 6) is 1.45. The number of nitrogens with zero attached hydrogens (tertiary/aromatic N) is 2. The molecule has 0 amide bonds. The summed E-state index contributed by atoms with van der Waals surface area (Å²) < 4.78 is 6.74. The molecular formula is C14H13BrN4OS. The van der Waals surface area contributed by atoms with Crippen LogP contribution in [0.5, 0.6) is 5.75 Å². The van der Waals surface area contributed by atoms with E-state index in [1.807, 2.05) is 6.07 Å². The van der Waals surface area contributed by atoms with Gasteiger partial charge in [-0.3, -0.25) is 0 Å². The molecule has 1 aliphatic rings. The minimum absolute atomic E-state index is 0.257. The Balaban J connectivity index is 1.79. The first kappa shape index (κ1) is 14.2. The summed E-state index contributed by atoms with van der Waals surface area (Å²) in [6.45, 7) is 1.30. The number of halogens is 1. The van der Waals surface area contributed by atoms with Crippen LogP contribution in [0.15, 0.2) is 28.9 Å². The lowest BCUT2D eigenvalue weighted by Crippen LogP contribution is -2.13. The second-order valence-electron chi connectivity index (χ2n) is 4.63. The van der Waals surface area contributed by atoms with Crippen LogP contribution in [0.3, 0.4) is 0 Å². The van der Waals surface area contributed by atoms with Gasteiger partial charge in [0.25, 0.3) is 0 Å². The maximum absolute atomic E-state index is 5.69. The highest BCUT2D eigenvalue weighted by molar-refractivity contribution is 9.10. The smallest absolute Gasteiger partial charge is 0.223 e. The van der Waals surface area contributed by atoms with E-state index >= 15 is 0 Å². The van der Waals surface area contributed by atoms with Crippen molar-refractivity contribution < 1.29 is 4.74 Å². The van der Waals surface area contributed by atoms with Gasteiger partial charge in [0.2, 0.25) is 5.95 Å². The molecule has 0 fully saturated rings. The molecule has 0 saturated heterocycles. The number of hydrogen-bond acceptors (Lipinski definition) is 5. The lowest BCUT2D eigenvalue weighted by molar-refractivity contribution is 0.354. The molecule has 0 unspecified atom stereocenters. The van der Waals surface area contributed by atoms with Gasteiger partial charge in [0.15, 0.2) is 0 Å². The summed E-state index contributed by atoms with van der Waals surface area (Å²) in [6.07, 6.45) is 2.57. The molecule has 1 aromatic heterocycles. The SMILES string of the molecule is NC(=S)c1ccnc(NCc2cc(Br)cc3c2OCC3)n1. The Bertz CT molecular complexity index is 707. The first-order valence-corrected chi connectivity index (χ1v) is 7.64. The van der Waals surface area contributed by atoms with E-state index in [1.165, 1.54) is 5.56 Å². The Kier molecular flexibility index (Phi) is 4.03. The maximum atomic E-state index is 5.69. The highest BCUT2D eigenvalue weighted by Gasteiger charge is 2.17. The van der Waals surface area contributed by atoms with E-state index in [0.29, 0.717) is 18.2 Å². The first-order valence-electron chi connectivity index (χ1n) is 6.44. The van der Waals surface area contributed by atoms with Crippen LogP contribution in [0.4, 0.5) is 5.95 Å². The van der Waals surface area contributed by atoms with Gasteiger partial charge in [0.1, 0.15) is 16.4 Å². The predicted octanol–water partition coefficient (Wildman–Crippen LogP) is 2.42. The zero-order valence-electron chi connectivity index (χ0n) is 11.1. The Morgan fingerprint density at radius 2 is 2.33 bits per heavy atom. The standard InChI is InChI=1S/C14H13BrN4OS/c15-10-5-8-2-4-20-12(8)9(6-10)7-18-14-17-3-1-11(19-14)13(16)21/h1,3,5-6H,2,4,7H2,(H2,16,21)(H,17,18,19). The van der Waals surface area contributed by atoms with Crippen molar-refractivity contribution in [1.29, 1.82) is 0 Å². The zero-order chi connectivity index (χ0) is 14.8. The van der Waals surface area contributed by atoms with Crippen molar-refractivity contribution in [3.63, 3.8) is 0 Å². The lowest BCUT2D eigenvalue weighted by Gasteiger charge is -2.10. The predicted molar refractivity (Wildman–Crippen MR) is 88.6 cm³/mol. The van der Waals surface area contributed by atoms with Crippen molar-refractivity contribution in [2.45, 2.75) is 13.0 Å². The fourth-order valence-electron chi connectivity index (χ4n) is 2.23. The average Bonchev–Trinajstić information content (AvgIpc) is 2.93. The molecule has 108 valence electrons. The quantitative estimate of drug-likeness (QED) is 0.811. The van der Waals surface area contributed by atoms with Gasteiger partial charge >= 0.3 is 0 Å². The van der Waals surface area contributed by atoms with E-state index in [0.717, 1.165) is 28.8 Å². The van der Waals surface area contributed by atoms with Crippen molar-refractivity contribution in [2.24, 2.45) is 5.73 Å². The summed E-state index contributed by atoms with van der Waals surface area (Å²) in [6, 6.07) is 5.82. The van der Waals surface area contributed by atoms with Crippen molar-refractivity contribution >= 4 is 39.1 Å². The molecule has 3 rings (SSSR count). The van der Waals surface area contributed by atoms with Gasteiger partial charge in [0, 0.05) is 29.2 Å². The van der Waals surface area contributed by atoms with Crippen molar-refractivity contribution in [3.05, 3.63) is 45.7 Å². The number of hydrogen-bond donors (Lipinski definition) is 2. The molecule has 0 radical (unpaired) electrons. The number of benzene rings is 1. The van der Waals surface area contributed by atoms with Gasteiger partial charge in [-0.25, -0.2) is 9.97 Å². The third-order valence-corrected chi connectivity index (χ3v) is 3.84. The second-order valence-corrected chi connectivity index (χ2v) is 5.99. The van der Waals surface area contributed by atoms with E-state index in [9.17, 15) is 0 Å². The molecule has 2 aromatic rings. The fourth-order valence-corrected chi connectivity index (χ4v) is 2.90. The van der Waals surface area contributed by atoms with E-state index < -0.39 is 0 Å². The van der Waals surface area contributed by atoms with Gasteiger partial charge in [-0.2, -0.15) is 0 Å². The van der Waals surface area contributed by atoms with Crippen LogP contribution in [0, 0.1) is 0 Å². The van der Waals surface area contributed by atoms with Crippen molar-refractivity contribution in [2.75, 3.05) is 11.9 Å². The summed E-state index contributed by atoms with van der Waals surface area (Å²) >= 11 is 8.44. The average molecular weight is 365 g/mol. The molecule has 1 aromatic carbocycles. The summed E-state index contributed by atoms with van der Waals surface area (Å²) in [7, 11) is 0. The van der Waals surface area contributed by atoms with Crippen LogP contribution in [0.25, 0.3) is 0 Å². The van der Waals surface area contributed by atoms with Gasteiger partial charge in [-0.15, -0.1) is 0 Å². The van der Waals surface area contributed by atoms with Crippen LogP contribution >= 0.6 is 28.1 Å². The van der Waals surface area contributed by atoms with E-state index in [2.05, 4.69) is 37.3 Å². The number of thiocarbonyl (C=S) groups is 1. The molecule has 2 heterocycles. The normalized spacial score (nSPS) is 12.6. The second kappa shape index (κ2) is 5.95. The van der Waals surface area contributed by atoms with Gasteiger partial charge in [0.05, 0.1) is 6.61 Å². The molecule has 0 bridgehead atoms. The molecule has 0 spiro atoms. The number of nitrogens with one attached hydrogen (secondary N) is 1. The minimum atomic E-state index is 0.257. The molecule has 0 saturated carbocycles. The number of rotatable bonds is 4. The minimum Gasteiger partial charge on any atom is -0.493 e. The fraction of sp³-hybridized carbons (Fsp3) is 0.214. The van der Waals surface area contributed by atoms with Gasteiger partial charge in [-0.1, -0.05) is 28.1 Å². The van der Waals surface area contributed by atoms with E-state index in [-0.39, 0.29) is 4.99 Å². The Morgan fingerprint density at radius 1 is 1.48 bits per heavy atom. The summed E-state index contributed by atoms with van der Waals surface area (Å²) in [5.41, 5.74) is 8.42. The van der Waals surface area contributed by atoms with Crippen LogP contribution in [0.2, 0.25) is 0 Å². The zero-order valence-corrected chi connectivity index (χ0v) is 13.5. The van der Waals surface area contributed by atoms with Crippen LogP contribution in [-0.2, 0) is 13.0 Å². The number of aromatic nitrogens is 2. The van der Waals surface area contributed by atoms with Crippen molar-refractivity contribution in [3.8, 4) is 5.75 Å². The molecule has 7 heteroatoms. The number of fused-ring (bicyclic) bond motifs is 1. The van der Waals surface area contributed by atoms with Crippen LogP contribution in [-0.4, -0.2) is 21.6 Å². The molecular weight excluding hydrogens is 352 g/mol. The lowest BCUT2D eigenvalue weighted by atomic mass is 10.1. The van der Waals surface area contributed by atoms with E-state index in [1.54, 1.807) is 12.3 Å². The topological polar surface area (TPSA) is 73.1 Å². The Hall–Kier alpha value is -1.73. The largest absolute Gasteiger partial charge is 0.493 e. The Morgan fingerprint density at radius 3 is 3.14 bits per heavy atom. The van der Waals surface area contributed by atoms with Gasteiger partial charge in [-0.05, 0) is 23.8 Å². The molecule has 5 nitrogen and oxygen atoms in total. The highest BCUT2D eigenvalue weighted by atomic mass is 79.9. The number of nitrogens with two attached hydrogens (primary N) is 1. The number of ether oxygens (including phenoxy) is 1. The molecule has 0 aliphatic carbocycles. The van der Waals surface area contributed by atoms with Crippen molar-refractivity contribution in [1.82, 2.24) is 9.97 Å². The highest BCUT2D eigenvalue weighted by Crippen LogP contribution is 2.33. The number of anilines is 1. The third-order valence-electron chi connectivity index (χ3n) is 3.17. The van der Waals surface area contributed by atoms with E-state index in [4.69, 9.17) is 22.7 Å². The molecule has 1 aliphatic heterocycles. The summed E-state index contributed by atoms with van der Waals surface area (Å²) in [5, 5.41) is 3.17.